The summed E-state index contributed by atoms with van der Waals surface area (Å²) in [6, 6.07) is 0.0163. The average Bonchev–Trinajstić information content (AvgIpc) is 2.34. The molecule has 0 radical (unpaired) electrons. The molecule has 0 unspecified atom stereocenters. The second-order valence-electron chi connectivity index (χ2n) is 7.83. The fraction of sp³-hybridized carbons (Fsp3) is 0.938. The number of likely N-dealkylation sites (N-methyl/N-ethyl adjacent to an activating group) is 1. The number of hydrogen-bond donors (Lipinski definition) is 2. The van der Waals surface area contributed by atoms with Crippen molar-refractivity contribution in [2.24, 2.45) is 23.2 Å². The second-order valence-corrected chi connectivity index (χ2v) is 7.83. The lowest BCUT2D eigenvalue weighted by atomic mass is 9.49. The van der Waals surface area contributed by atoms with E-state index in [9.17, 15) is 4.79 Å². The van der Waals surface area contributed by atoms with Crippen LogP contribution in [0.2, 0.25) is 0 Å². The van der Waals surface area contributed by atoms with E-state index >= 15 is 0 Å². The largest absolute Gasteiger partial charge is 0.338 e. The van der Waals surface area contributed by atoms with Crippen molar-refractivity contribution in [3.63, 3.8) is 0 Å². The molecule has 0 aromatic heterocycles. The highest BCUT2D eigenvalue weighted by Crippen LogP contribution is 2.59. The predicted octanol–water partition coefficient (Wildman–Crippen LogP) is 2.49. The van der Waals surface area contributed by atoms with Crippen LogP contribution in [0.3, 0.4) is 0 Å². The SMILES string of the molecule is CN(C)CCNC(=O)NCC12CC3CC(CC(C3)C1)C2.Cl. The minimum absolute atomic E-state index is 0. The van der Waals surface area contributed by atoms with Gasteiger partial charge in [-0.15, -0.1) is 12.4 Å². The van der Waals surface area contributed by atoms with Gasteiger partial charge in [-0.1, -0.05) is 0 Å². The molecule has 122 valence electrons. The maximum Gasteiger partial charge on any atom is 0.314 e. The minimum atomic E-state index is 0. The van der Waals surface area contributed by atoms with Crippen LogP contribution in [0.5, 0.6) is 0 Å². The topological polar surface area (TPSA) is 44.4 Å². The van der Waals surface area contributed by atoms with Crippen molar-refractivity contribution in [2.75, 3.05) is 33.7 Å². The molecule has 4 bridgehead atoms. The van der Waals surface area contributed by atoms with Crippen molar-refractivity contribution in [1.82, 2.24) is 15.5 Å². The molecule has 0 atom stereocenters. The Morgan fingerprint density at radius 3 is 2.05 bits per heavy atom. The Hall–Kier alpha value is -0.480. The molecule has 0 aliphatic heterocycles. The van der Waals surface area contributed by atoms with Crippen LogP contribution in [0.4, 0.5) is 4.79 Å². The monoisotopic (exact) mass is 315 g/mol. The number of urea groups is 1. The predicted molar refractivity (Wildman–Crippen MR) is 87.8 cm³/mol. The van der Waals surface area contributed by atoms with Crippen molar-refractivity contribution in [2.45, 2.75) is 38.5 Å². The van der Waals surface area contributed by atoms with Crippen LogP contribution >= 0.6 is 12.4 Å². The molecule has 4 aliphatic rings. The summed E-state index contributed by atoms with van der Waals surface area (Å²) in [6.45, 7) is 2.51. The first-order valence-electron chi connectivity index (χ1n) is 8.21. The van der Waals surface area contributed by atoms with Gasteiger partial charge in [-0.3, -0.25) is 0 Å². The fourth-order valence-electron chi connectivity index (χ4n) is 5.23. The maximum atomic E-state index is 11.9. The molecule has 0 aromatic rings. The Labute approximate surface area is 134 Å². The van der Waals surface area contributed by atoms with E-state index in [1.807, 2.05) is 14.1 Å². The number of amides is 2. The van der Waals surface area contributed by atoms with Crippen molar-refractivity contribution in [3.8, 4) is 0 Å². The highest BCUT2D eigenvalue weighted by molar-refractivity contribution is 5.85. The van der Waals surface area contributed by atoms with Crippen LogP contribution in [0, 0.1) is 23.2 Å². The molecule has 21 heavy (non-hydrogen) atoms. The summed E-state index contributed by atoms with van der Waals surface area (Å²) in [7, 11) is 4.05. The molecule has 4 nitrogen and oxygen atoms in total. The lowest BCUT2D eigenvalue weighted by Gasteiger charge is -2.56. The van der Waals surface area contributed by atoms with Crippen LogP contribution in [0.25, 0.3) is 0 Å². The lowest BCUT2D eigenvalue weighted by molar-refractivity contribution is -0.0498. The first kappa shape index (κ1) is 16.9. The molecule has 4 fully saturated rings. The highest BCUT2D eigenvalue weighted by Gasteiger charge is 2.50. The van der Waals surface area contributed by atoms with Crippen molar-refractivity contribution in [1.29, 1.82) is 0 Å². The van der Waals surface area contributed by atoms with Crippen LogP contribution in [0.1, 0.15) is 38.5 Å². The molecule has 0 heterocycles. The number of carbonyl (C=O) groups excluding carboxylic acids is 1. The van der Waals surface area contributed by atoms with Gasteiger partial charge in [0.15, 0.2) is 0 Å². The third kappa shape index (κ3) is 4.04. The van der Waals surface area contributed by atoms with Gasteiger partial charge in [0.2, 0.25) is 0 Å². The molecule has 0 aromatic carbocycles. The van der Waals surface area contributed by atoms with Crippen LogP contribution in [-0.2, 0) is 0 Å². The summed E-state index contributed by atoms with van der Waals surface area (Å²) in [5.41, 5.74) is 0.438. The normalized spacial score (nSPS) is 36.4. The van der Waals surface area contributed by atoms with Gasteiger partial charge in [-0.25, -0.2) is 4.79 Å². The number of rotatable bonds is 5. The van der Waals surface area contributed by atoms with Crippen LogP contribution < -0.4 is 10.6 Å². The fourth-order valence-corrected chi connectivity index (χ4v) is 5.23. The quantitative estimate of drug-likeness (QED) is 0.818. The molecule has 0 spiro atoms. The Bertz CT molecular complexity index is 337. The molecule has 2 N–H and O–H groups in total. The maximum absolute atomic E-state index is 11.9. The van der Waals surface area contributed by atoms with Gasteiger partial charge in [-0.2, -0.15) is 0 Å². The van der Waals surface area contributed by atoms with Gasteiger partial charge in [0.05, 0.1) is 0 Å². The van der Waals surface area contributed by atoms with E-state index in [0.717, 1.165) is 37.4 Å². The molecule has 4 saturated carbocycles. The number of nitrogens with zero attached hydrogens (tertiary/aromatic N) is 1. The Morgan fingerprint density at radius 1 is 1.05 bits per heavy atom. The first-order chi connectivity index (χ1) is 9.55. The summed E-state index contributed by atoms with van der Waals surface area (Å²) in [5, 5.41) is 6.10. The van der Waals surface area contributed by atoms with Gasteiger partial charge in [0.25, 0.3) is 0 Å². The summed E-state index contributed by atoms with van der Waals surface area (Å²) in [5.74, 6) is 2.87. The van der Waals surface area contributed by atoms with Crippen molar-refractivity contribution >= 4 is 18.4 Å². The van der Waals surface area contributed by atoms with E-state index in [1.165, 1.54) is 38.5 Å². The zero-order chi connectivity index (χ0) is 14.2. The zero-order valence-electron chi connectivity index (χ0n) is 13.4. The number of halogens is 1. The Morgan fingerprint density at radius 2 is 1.57 bits per heavy atom. The van der Waals surface area contributed by atoms with E-state index in [4.69, 9.17) is 0 Å². The summed E-state index contributed by atoms with van der Waals surface area (Å²) < 4.78 is 0. The number of hydrogen-bond acceptors (Lipinski definition) is 2. The summed E-state index contributed by atoms with van der Waals surface area (Å²) >= 11 is 0. The molecular formula is C16H30ClN3O. The Balaban J connectivity index is 0.00000161. The standard InChI is InChI=1S/C16H29N3O.ClH/c1-19(2)4-3-17-15(20)18-11-16-8-12-5-13(9-16)7-14(6-12)10-16;/h12-14H,3-11H2,1-2H3,(H2,17,18,20);1H. The molecule has 2 amide bonds. The van der Waals surface area contributed by atoms with Crippen molar-refractivity contribution in [3.05, 3.63) is 0 Å². The molecular weight excluding hydrogens is 286 g/mol. The molecule has 4 aliphatic carbocycles. The summed E-state index contributed by atoms with van der Waals surface area (Å²) in [4.78, 5) is 14.0. The van der Waals surface area contributed by atoms with Gasteiger partial charge in [-0.05, 0) is 75.8 Å². The third-order valence-electron chi connectivity index (χ3n) is 5.63. The van der Waals surface area contributed by atoms with Gasteiger partial charge >= 0.3 is 6.03 Å². The zero-order valence-corrected chi connectivity index (χ0v) is 14.2. The number of nitrogens with one attached hydrogen (secondary N) is 2. The average molecular weight is 316 g/mol. The summed E-state index contributed by atoms with van der Waals surface area (Å²) in [6.07, 6.45) is 8.47. The van der Waals surface area contributed by atoms with Crippen LogP contribution in [0.15, 0.2) is 0 Å². The first-order valence-corrected chi connectivity index (χ1v) is 8.21. The molecule has 4 rings (SSSR count). The van der Waals surface area contributed by atoms with Crippen LogP contribution in [-0.4, -0.2) is 44.7 Å². The van der Waals surface area contributed by atoms with E-state index in [1.54, 1.807) is 0 Å². The Kier molecular flexibility index (Phi) is 5.42. The highest BCUT2D eigenvalue weighted by atomic mass is 35.5. The van der Waals surface area contributed by atoms with E-state index in [-0.39, 0.29) is 18.4 Å². The lowest BCUT2D eigenvalue weighted by Crippen LogP contribution is -2.52. The molecule has 5 heteroatoms. The third-order valence-corrected chi connectivity index (χ3v) is 5.63. The second kappa shape index (κ2) is 6.74. The minimum Gasteiger partial charge on any atom is -0.338 e. The van der Waals surface area contributed by atoms with Gasteiger partial charge < -0.3 is 15.5 Å². The van der Waals surface area contributed by atoms with Gasteiger partial charge in [0.1, 0.15) is 0 Å². The number of carbonyl (C=O) groups is 1. The van der Waals surface area contributed by atoms with Crippen molar-refractivity contribution < 1.29 is 4.79 Å². The smallest absolute Gasteiger partial charge is 0.314 e. The van der Waals surface area contributed by atoms with E-state index < -0.39 is 0 Å². The van der Waals surface area contributed by atoms with Gasteiger partial charge in [0, 0.05) is 19.6 Å². The van der Waals surface area contributed by atoms with E-state index in [2.05, 4.69) is 15.5 Å². The molecule has 0 saturated heterocycles. The van der Waals surface area contributed by atoms with E-state index in [0.29, 0.717) is 5.41 Å².